The maximum absolute atomic E-state index is 12.5. The lowest BCUT2D eigenvalue weighted by atomic mass is 10.0. The molecule has 2 nitrogen and oxygen atoms in total. The van der Waals surface area contributed by atoms with Crippen LogP contribution in [0.1, 0.15) is 24.4 Å². The minimum absolute atomic E-state index is 0.104. The Bertz CT molecular complexity index is 258. The van der Waals surface area contributed by atoms with Gasteiger partial charge in [-0.05, 0) is 51.7 Å². The number of halogens is 2. The van der Waals surface area contributed by atoms with E-state index in [1.54, 1.807) is 12.1 Å². The fourth-order valence-electron chi connectivity index (χ4n) is 1.19. The first-order chi connectivity index (χ1) is 7.24. The Balaban J connectivity index is 0.000000921. The minimum Gasteiger partial charge on any atom is -0.396 e. The van der Waals surface area contributed by atoms with Crippen molar-refractivity contribution in [1.29, 1.82) is 0 Å². The highest BCUT2D eigenvalue weighted by molar-refractivity contribution is 14.2. The van der Waals surface area contributed by atoms with Crippen molar-refractivity contribution >= 4 is 31.0 Å². The van der Waals surface area contributed by atoms with Gasteiger partial charge < -0.3 is 10.8 Å². The molecule has 1 atom stereocenters. The van der Waals surface area contributed by atoms with Gasteiger partial charge in [0.25, 0.3) is 0 Å². The predicted octanol–water partition coefficient (Wildman–Crippen LogP) is 2.86. The zero-order valence-corrected chi connectivity index (χ0v) is 11.3. The summed E-state index contributed by atoms with van der Waals surface area (Å²) in [6, 6.07) is 6.05. The van der Waals surface area contributed by atoms with E-state index in [1.807, 2.05) is 21.2 Å². The molecule has 1 aromatic carbocycles. The van der Waals surface area contributed by atoms with Gasteiger partial charge >= 0.3 is 0 Å². The molecule has 0 spiro atoms. The van der Waals surface area contributed by atoms with E-state index in [1.165, 1.54) is 12.1 Å². The van der Waals surface area contributed by atoms with Gasteiger partial charge in [0.2, 0.25) is 0 Å². The molecule has 0 bridgehead atoms. The molecule has 0 amide bonds. The molecule has 0 aliphatic rings. The largest absolute Gasteiger partial charge is 0.396 e. The molecule has 0 aromatic heterocycles. The van der Waals surface area contributed by atoms with Crippen LogP contribution in [0.3, 0.4) is 0 Å². The van der Waals surface area contributed by atoms with E-state index in [-0.39, 0.29) is 18.5 Å². The normalized spacial score (nSPS) is 11.5. The summed E-state index contributed by atoms with van der Waals surface area (Å²) >= 11 is 1.84. The number of thiol groups is 1. The number of hydrogen-bond donors (Lipinski definition) is 3. The van der Waals surface area contributed by atoms with Gasteiger partial charge in [-0.2, -0.15) is 0 Å². The van der Waals surface area contributed by atoms with E-state index in [2.05, 4.69) is 9.80 Å². The smallest absolute Gasteiger partial charge is 0.123 e. The molecule has 86 valence electrons. The third kappa shape index (κ3) is 6.34. The van der Waals surface area contributed by atoms with Crippen LogP contribution in [0.5, 0.6) is 0 Å². The molecular weight excluding hydrogens is 328 g/mol. The van der Waals surface area contributed by atoms with Gasteiger partial charge in [0, 0.05) is 12.6 Å². The van der Waals surface area contributed by atoms with Crippen LogP contribution >= 0.6 is 31.0 Å². The summed E-state index contributed by atoms with van der Waals surface area (Å²) in [7, 11) is 3.50. The van der Waals surface area contributed by atoms with Crippen molar-refractivity contribution < 1.29 is 9.50 Å². The van der Waals surface area contributed by atoms with Gasteiger partial charge in [-0.25, -0.2) is 4.39 Å². The molecule has 0 radical (unpaired) electrons. The second-order valence-electron chi connectivity index (χ2n) is 3.02. The Kier molecular flexibility index (Phi) is 9.48. The van der Waals surface area contributed by atoms with Crippen molar-refractivity contribution in [3.63, 3.8) is 0 Å². The first-order valence-electron chi connectivity index (χ1n) is 4.53. The van der Waals surface area contributed by atoms with E-state index < -0.39 is 0 Å². The van der Waals surface area contributed by atoms with Crippen LogP contribution in [0.15, 0.2) is 24.3 Å². The average molecular weight is 343 g/mol. The predicted molar refractivity (Wildman–Crippen MR) is 72.7 cm³/mol. The van der Waals surface area contributed by atoms with E-state index in [0.717, 1.165) is 12.0 Å². The average Bonchev–Trinajstić information content (AvgIpc) is 2.29. The van der Waals surface area contributed by atoms with E-state index >= 15 is 0 Å². The van der Waals surface area contributed by atoms with E-state index in [9.17, 15) is 4.39 Å². The minimum atomic E-state index is -0.252. The lowest BCUT2D eigenvalue weighted by molar-refractivity contribution is 0.280. The Morgan fingerprint density at radius 3 is 2.33 bits per heavy atom. The van der Waals surface area contributed by atoms with Crippen LogP contribution in [-0.4, -0.2) is 11.7 Å². The van der Waals surface area contributed by atoms with Crippen LogP contribution in [0.2, 0.25) is 0 Å². The van der Waals surface area contributed by atoms with Gasteiger partial charge in [-0.15, -0.1) is 9.80 Å². The third-order valence-corrected chi connectivity index (χ3v) is 1.97. The fourth-order valence-corrected chi connectivity index (χ4v) is 1.19. The van der Waals surface area contributed by atoms with Crippen molar-refractivity contribution in [2.75, 3.05) is 6.61 Å². The summed E-state index contributed by atoms with van der Waals surface area (Å²) < 4.78 is 12.5. The maximum Gasteiger partial charge on any atom is 0.123 e. The molecule has 1 rings (SSSR count). The highest BCUT2D eigenvalue weighted by Gasteiger charge is 2.04. The lowest BCUT2D eigenvalue weighted by Crippen LogP contribution is -2.10. The van der Waals surface area contributed by atoms with Crippen molar-refractivity contribution in [3.8, 4) is 0 Å². The summed E-state index contributed by atoms with van der Waals surface area (Å²) in [5.41, 5.74) is 6.71. The number of benzene rings is 1. The van der Waals surface area contributed by atoms with Gasteiger partial charge in [-0.1, -0.05) is 12.1 Å². The molecule has 0 aliphatic carbocycles. The second kappa shape index (κ2) is 9.38. The zero-order valence-electron chi connectivity index (χ0n) is 8.24. The molecule has 0 fully saturated rings. The molecule has 15 heavy (non-hydrogen) atoms. The van der Waals surface area contributed by atoms with Gasteiger partial charge in [0.05, 0.1) is 0 Å². The summed E-state index contributed by atoms with van der Waals surface area (Å²) in [6.45, 7) is 0.148. The van der Waals surface area contributed by atoms with Crippen LogP contribution in [0.25, 0.3) is 0 Å². The molecule has 1 aromatic rings. The Morgan fingerprint density at radius 2 is 1.87 bits per heavy atom. The molecule has 3 N–H and O–H groups in total. The molecule has 0 saturated carbocycles. The first kappa shape index (κ1) is 15.2. The van der Waals surface area contributed by atoms with E-state index in [4.69, 9.17) is 10.8 Å². The number of nitrogens with two attached hydrogens (primary N) is 1. The first-order valence-corrected chi connectivity index (χ1v) is 7.76. The highest BCUT2D eigenvalue weighted by Crippen LogP contribution is 2.15. The summed E-state index contributed by atoms with van der Waals surface area (Å²) in [5.74, 6) is -0.252. The van der Waals surface area contributed by atoms with Crippen molar-refractivity contribution in [2.45, 2.75) is 18.9 Å². The van der Waals surface area contributed by atoms with Crippen molar-refractivity contribution in [1.82, 2.24) is 0 Å². The summed E-state index contributed by atoms with van der Waals surface area (Å²) in [4.78, 5) is 0. The Labute approximate surface area is 107 Å². The Hall–Kier alpha value is 0.150. The van der Waals surface area contributed by atoms with Gasteiger partial charge in [0.1, 0.15) is 5.82 Å². The van der Waals surface area contributed by atoms with Crippen LogP contribution < -0.4 is 5.73 Å². The maximum atomic E-state index is 12.5. The third-order valence-electron chi connectivity index (χ3n) is 1.97. The molecule has 5 heteroatoms. The molecule has 1 unspecified atom stereocenters. The lowest BCUT2D eigenvalue weighted by Gasteiger charge is -2.10. The molecule has 0 heterocycles. The zero-order chi connectivity index (χ0) is 11.7. The number of hydrogen-bond acceptors (Lipinski definition) is 3. The molecular formula is C10H15FINOS. The fraction of sp³-hybridized carbons (Fsp3) is 0.400. The number of aliphatic hydroxyl groups excluding tert-OH is 1. The quantitative estimate of drug-likeness (QED) is 0.582. The monoisotopic (exact) mass is 343 g/mol. The van der Waals surface area contributed by atoms with Gasteiger partial charge in [0.15, 0.2) is 0 Å². The van der Waals surface area contributed by atoms with Crippen LogP contribution in [-0.2, 0) is 0 Å². The second-order valence-corrected chi connectivity index (χ2v) is 3.02. The Morgan fingerprint density at radius 1 is 1.33 bits per heavy atom. The standard InChI is InChI=1S/C10H14FNO.HIS/c11-9-5-3-8(4-6-9)10(12)2-1-7-13;1-2/h3-6,10,13H,1-2,7,12H2;2H. The summed E-state index contributed by atoms with van der Waals surface area (Å²) in [5, 5.41) is 8.59. The topological polar surface area (TPSA) is 46.2 Å². The number of rotatable bonds is 4. The van der Waals surface area contributed by atoms with Crippen LogP contribution in [0.4, 0.5) is 4.39 Å². The van der Waals surface area contributed by atoms with Crippen molar-refractivity contribution in [2.24, 2.45) is 5.73 Å². The van der Waals surface area contributed by atoms with Crippen LogP contribution in [0, 0.1) is 5.82 Å². The van der Waals surface area contributed by atoms with Crippen molar-refractivity contribution in [3.05, 3.63) is 35.6 Å². The van der Waals surface area contributed by atoms with Gasteiger partial charge in [-0.3, -0.25) is 0 Å². The molecule has 0 aliphatic heterocycles. The molecule has 0 saturated heterocycles. The SMILES string of the molecule is NC(CCCO)c1ccc(F)cc1.SI. The number of aliphatic hydroxyl groups is 1. The summed E-state index contributed by atoms with van der Waals surface area (Å²) in [6.07, 6.45) is 1.40. The van der Waals surface area contributed by atoms with E-state index in [0.29, 0.717) is 6.42 Å². The highest BCUT2D eigenvalue weighted by atomic mass is 127.